The quantitative estimate of drug-likeness (QED) is 0.306. The minimum Gasteiger partial charge on any atom is -0.429 e. The first-order chi connectivity index (χ1) is 13.3. The van der Waals surface area contributed by atoms with E-state index >= 15 is 0 Å². The highest BCUT2D eigenvalue weighted by atomic mass is 19.3. The third-order valence-corrected chi connectivity index (χ3v) is 4.48. The Morgan fingerprint density at radius 2 is 1.46 bits per heavy atom. The summed E-state index contributed by atoms with van der Waals surface area (Å²) in [6, 6.07) is 9.54. The second-order valence-electron chi connectivity index (χ2n) is 6.66. The average molecular weight is 394 g/mol. The molecule has 0 atom stereocenters. The van der Waals surface area contributed by atoms with Gasteiger partial charge >= 0.3 is 6.11 Å². The summed E-state index contributed by atoms with van der Waals surface area (Å²) in [6.45, 7) is 1.99. The number of halogens is 5. The maximum absolute atomic E-state index is 14.5. The van der Waals surface area contributed by atoms with Crippen LogP contribution in [0.5, 0.6) is 5.75 Å². The van der Waals surface area contributed by atoms with Crippen molar-refractivity contribution in [2.75, 3.05) is 0 Å². The molecular formula is C22H19F5O. The number of hydrogen-bond donors (Lipinski definition) is 0. The molecule has 3 aromatic rings. The van der Waals surface area contributed by atoms with Crippen LogP contribution >= 0.6 is 0 Å². The highest BCUT2D eigenvalue weighted by Crippen LogP contribution is 2.36. The third kappa shape index (κ3) is 4.43. The fraction of sp³-hybridized carbons (Fsp3) is 0.273. The van der Waals surface area contributed by atoms with Gasteiger partial charge in [-0.15, -0.1) is 0 Å². The molecule has 0 radical (unpaired) electrons. The molecule has 0 spiro atoms. The van der Waals surface area contributed by atoms with Crippen molar-refractivity contribution in [3.8, 4) is 5.75 Å². The van der Waals surface area contributed by atoms with E-state index in [1.807, 2.05) is 6.92 Å². The molecule has 0 aromatic heterocycles. The summed E-state index contributed by atoms with van der Waals surface area (Å²) in [5, 5.41) is 0.950. The topological polar surface area (TPSA) is 9.23 Å². The van der Waals surface area contributed by atoms with E-state index in [1.54, 1.807) is 0 Å². The molecule has 0 unspecified atom stereocenters. The van der Waals surface area contributed by atoms with E-state index in [0.717, 1.165) is 31.4 Å². The number of aryl methyl sites for hydroxylation is 1. The number of rotatable bonds is 7. The van der Waals surface area contributed by atoms with Gasteiger partial charge in [0.25, 0.3) is 0 Å². The average Bonchev–Trinajstić information content (AvgIpc) is 2.61. The van der Waals surface area contributed by atoms with Crippen molar-refractivity contribution < 1.29 is 26.7 Å². The molecule has 0 aliphatic heterocycles. The van der Waals surface area contributed by atoms with E-state index in [4.69, 9.17) is 0 Å². The number of hydrogen-bond acceptors (Lipinski definition) is 1. The summed E-state index contributed by atoms with van der Waals surface area (Å²) in [5.41, 5.74) is -1.10. The van der Waals surface area contributed by atoms with E-state index in [0.29, 0.717) is 22.8 Å². The Hall–Kier alpha value is -2.63. The minimum absolute atomic E-state index is 0.282. The molecule has 0 aliphatic carbocycles. The molecule has 6 heteroatoms. The van der Waals surface area contributed by atoms with Crippen LogP contribution in [0.15, 0.2) is 48.5 Å². The van der Waals surface area contributed by atoms with Crippen molar-refractivity contribution >= 4 is 10.8 Å². The third-order valence-electron chi connectivity index (χ3n) is 4.48. The van der Waals surface area contributed by atoms with E-state index in [1.165, 1.54) is 36.4 Å². The summed E-state index contributed by atoms with van der Waals surface area (Å²) in [6.07, 6.45) is -1.25. The molecule has 148 valence electrons. The smallest absolute Gasteiger partial charge is 0.429 e. The standard InChI is InChI=1S/C22H19F5O/c1-2-3-4-5-14-10-19(24)21(20(25)11-14)22(26,27)28-18-9-7-15-12-17(23)8-6-16(15)13-18/h6-13H,2-5H2,1H3. The highest BCUT2D eigenvalue weighted by molar-refractivity contribution is 5.83. The Bertz CT molecular complexity index is 961. The number of fused-ring (bicyclic) bond motifs is 1. The fourth-order valence-electron chi connectivity index (χ4n) is 3.08. The van der Waals surface area contributed by atoms with Gasteiger partial charge in [0.1, 0.15) is 28.8 Å². The predicted octanol–water partition coefficient (Wildman–Crippen LogP) is 7.12. The van der Waals surface area contributed by atoms with Crippen LogP contribution in [0.4, 0.5) is 22.0 Å². The van der Waals surface area contributed by atoms with Crippen LogP contribution in [-0.4, -0.2) is 0 Å². The lowest BCUT2D eigenvalue weighted by Crippen LogP contribution is -2.25. The second kappa shape index (κ2) is 8.17. The number of alkyl halides is 2. The van der Waals surface area contributed by atoms with Crippen LogP contribution in [0.1, 0.15) is 37.3 Å². The molecule has 0 heterocycles. The lowest BCUT2D eigenvalue weighted by atomic mass is 10.0. The fourth-order valence-corrected chi connectivity index (χ4v) is 3.08. The molecule has 0 N–H and O–H groups in total. The Labute approximate surface area is 159 Å². The monoisotopic (exact) mass is 394 g/mol. The van der Waals surface area contributed by atoms with Crippen LogP contribution in [0, 0.1) is 17.5 Å². The molecule has 28 heavy (non-hydrogen) atoms. The van der Waals surface area contributed by atoms with Crippen molar-refractivity contribution in [1.82, 2.24) is 0 Å². The Balaban J connectivity index is 1.86. The van der Waals surface area contributed by atoms with E-state index in [9.17, 15) is 22.0 Å². The zero-order valence-electron chi connectivity index (χ0n) is 15.2. The SMILES string of the molecule is CCCCCc1cc(F)c(C(F)(F)Oc2ccc3cc(F)ccc3c2)c(F)c1. The van der Waals surface area contributed by atoms with Crippen molar-refractivity contribution in [3.63, 3.8) is 0 Å². The first-order valence-electron chi connectivity index (χ1n) is 9.04. The summed E-state index contributed by atoms with van der Waals surface area (Å²) >= 11 is 0. The molecule has 0 fully saturated rings. The minimum atomic E-state index is -4.20. The van der Waals surface area contributed by atoms with Crippen LogP contribution < -0.4 is 4.74 Å². The Morgan fingerprint density at radius 1 is 0.821 bits per heavy atom. The van der Waals surface area contributed by atoms with Gasteiger partial charge in [-0.3, -0.25) is 0 Å². The Morgan fingerprint density at radius 3 is 2.14 bits per heavy atom. The van der Waals surface area contributed by atoms with Gasteiger partial charge < -0.3 is 4.74 Å². The van der Waals surface area contributed by atoms with E-state index in [2.05, 4.69) is 4.74 Å². The summed E-state index contributed by atoms with van der Waals surface area (Å²) in [5.74, 6) is -3.44. The first kappa shape index (κ1) is 20.1. The van der Waals surface area contributed by atoms with Crippen LogP contribution in [0.2, 0.25) is 0 Å². The van der Waals surface area contributed by atoms with Gasteiger partial charge in [0, 0.05) is 0 Å². The maximum Gasteiger partial charge on any atom is 0.432 e. The van der Waals surface area contributed by atoms with Crippen LogP contribution in [0.25, 0.3) is 10.8 Å². The lowest BCUT2D eigenvalue weighted by molar-refractivity contribution is -0.189. The highest BCUT2D eigenvalue weighted by Gasteiger charge is 2.41. The van der Waals surface area contributed by atoms with Gasteiger partial charge in [-0.25, -0.2) is 13.2 Å². The predicted molar refractivity (Wildman–Crippen MR) is 98.0 cm³/mol. The van der Waals surface area contributed by atoms with Gasteiger partial charge in [0.2, 0.25) is 0 Å². The summed E-state index contributed by atoms with van der Waals surface area (Å²) < 4.78 is 75.4. The molecule has 0 amide bonds. The zero-order chi connectivity index (χ0) is 20.3. The molecule has 0 aliphatic rings. The van der Waals surface area contributed by atoms with Gasteiger partial charge in [0.05, 0.1) is 0 Å². The van der Waals surface area contributed by atoms with Crippen molar-refractivity contribution in [1.29, 1.82) is 0 Å². The van der Waals surface area contributed by atoms with Gasteiger partial charge in [0.15, 0.2) is 0 Å². The molecule has 3 aromatic carbocycles. The van der Waals surface area contributed by atoms with E-state index < -0.39 is 29.1 Å². The van der Waals surface area contributed by atoms with Crippen LogP contribution in [0.3, 0.4) is 0 Å². The maximum atomic E-state index is 14.5. The largest absolute Gasteiger partial charge is 0.432 e. The Kier molecular flexibility index (Phi) is 5.87. The lowest BCUT2D eigenvalue weighted by Gasteiger charge is -2.20. The van der Waals surface area contributed by atoms with Crippen LogP contribution in [-0.2, 0) is 12.5 Å². The molecule has 3 rings (SSSR count). The first-order valence-corrected chi connectivity index (χ1v) is 9.04. The van der Waals surface area contributed by atoms with Gasteiger partial charge in [-0.2, -0.15) is 8.78 Å². The van der Waals surface area contributed by atoms with E-state index in [-0.39, 0.29) is 5.75 Å². The van der Waals surface area contributed by atoms with Gasteiger partial charge in [-0.1, -0.05) is 31.9 Å². The molecule has 0 saturated carbocycles. The molecular weight excluding hydrogens is 375 g/mol. The number of unbranched alkanes of at least 4 members (excludes halogenated alkanes) is 2. The molecule has 0 saturated heterocycles. The normalized spacial score (nSPS) is 11.8. The number of benzene rings is 3. The molecule has 1 nitrogen and oxygen atoms in total. The summed E-state index contributed by atoms with van der Waals surface area (Å²) in [7, 11) is 0. The van der Waals surface area contributed by atoms with Crippen molar-refractivity contribution in [2.24, 2.45) is 0 Å². The van der Waals surface area contributed by atoms with Crippen molar-refractivity contribution in [3.05, 3.63) is 77.1 Å². The second-order valence-corrected chi connectivity index (χ2v) is 6.66. The summed E-state index contributed by atoms with van der Waals surface area (Å²) in [4.78, 5) is 0. The van der Waals surface area contributed by atoms with Gasteiger partial charge in [-0.05, 0) is 65.6 Å². The zero-order valence-corrected chi connectivity index (χ0v) is 15.2. The molecule has 0 bridgehead atoms. The number of ether oxygens (including phenoxy) is 1. The van der Waals surface area contributed by atoms with Crippen molar-refractivity contribution in [2.45, 2.75) is 38.7 Å².